The van der Waals surface area contributed by atoms with Crippen LogP contribution in [0.1, 0.15) is 39.5 Å². The van der Waals surface area contributed by atoms with E-state index in [2.05, 4.69) is 19.2 Å². The van der Waals surface area contributed by atoms with Gasteiger partial charge in [-0.15, -0.1) is 0 Å². The van der Waals surface area contributed by atoms with Crippen molar-refractivity contribution < 1.29 is 4.79 Å². The molecule has 2 fully saturated rings. The van der Waals surface area contributed by atoms with Crippen molar-refractivity contribution in [3.05, 3.63) is 0 Å². The minimum atomic E-state index is 0.298. The van der Waals surface area contributed by atoms with Crippen LogP contribution in [0.2, 0.25) is 0 Å². The summed E-state index contributed by atoms with van der Waals surface area (Å²) >= 11 is 0. The molecule has 2 heteroatoms. The molecule has 2 nitrogen and oxygen atoms in total. The van der Waals surface area contributed by atoms with Crippen LogP contribution < -0.4 is 5.32 Å². The van der Waals surface area contributed by atoms with Gasteiger partial charge in [-0.2, -0.15) is 0 Å². The molecule has 0 heterocycles. The average molecular weight is 181 g/mol. The molecule has 1 unspecified atom stereocenters. The second kappa shape index (κ2) is 3.32. The highest BCUT2D eigenvalue weighted by Gasteiger charge is 2.40. The van der Waals surface area contributed by atoms with Crippen molar-refractivity contribution in [2.24, 2.45) is 17.8 Å². The molecule has 2 rings (SSSR count). The first kappa shape index (κ1) is 9.04. The molecule has 0 radical (unpaired) electrons. The van der Waals surface area contributed by atoms with Gasteiger partial charge in [-0.1, -0.05) is 13.3 Å². The third-order valence-electron chi connectivity index (χ3n) is 3.67. The van der Waals surface area contributed by atoms with Crippen molar-refractivity contribution >= 4 is 5.91 Å². The first-order valence-corrected chi connectivity index (χ1v) is 5.49. The van der Waals surface area contributed by atoms with E-state index in [4.69, 9.17) is 0 Å². The molecule has 1 N–H and O–H groups in total. The predicted molar refractivity (Wildman–Crippen MR) is 52.2 cm³/mol. The Morgan fingerprint density at radius 2 is 2.08 bits per heavy atom. The summed E-state index contributed by atoms with van der Waals surface area (Å²) in [6.45, 7) is 4.30. The molecule has 1 amide bonds. The Balaban J connectivity index is 1.73. The van der Waals surface area contributed by atoms with Crippen molar-refractivity contribution in [3.8, 4) is 0 Å². The molecule has 0 aliphatic heterocycles. The highest BCUT2D eigenvalue weighted by Crippen LogP contribution is 2.38. The van der Waals surface area contributed by atoms with Crippen LogP contribution in [-0.4, -0.2) is 11.9 Å². The van der Waals surface area contributed by atoms with E-state index in [1.165, 1.54) is 19.3 Å². The second-order valence-corrected chi connectivity index (χ2v) is 4.81. The van der Waals surface area contributed by atoms with E-state index in [-0.39, 0.29) is 0 Å². The third-order valence-corrected chi connectivity index (χ3v) is 3.67. The average Bonchev–Trinajstić information content (AvgIpc) is 2.62. The molecule has 2 saturated carbocycles. The molecule has 0 bridgehead atoms. The van der Waals surface area contributed by atoms with Gasteiger partial charge < -0.3 is 5.32 Å². The van der Waals surface area contributed by atoms with Crippen LogP contribution in [0.25, 0.3) is 0 Å². The molecular weight excluding hydrogens is 162 g/mol. The highest BCUT2D eigenvalue weighted by molar-refractivity contribution is 5.81. The summed E-state index contributed by atoms with van der Waals surface area (Å²) in [4.78, 5) is 11.6. The fourth-order valence-corrected chi connectivity index (χ4v) is 2.08. The van der Waals surface area contributed by atoms with E-state index in [9.17, 15) is 4.79 Å². The van der Waals surface area contributed by atoms with Gasteiger partial charge in [0, 0.05) is 12.0 Å². The molecule has 2 aliphatic carbocycles. The lowest BCUT2D eigenvalue weighted by Gasteiger charge is -2.31. The van der Waals surface area contributed by atoms with Crippen LogP contribution in [-0.2, 0) is 4.79 Å². The van der Waals surface area contributed by atoms with Crippen molar-refractivity contribution in [2.45, 2.75) is 45.6 Å². The summed E-state index contributed by atoms with van der Waals surface area (Å²) in [7, 11) is 0. The maximum absolute atomic E-state index is 11.6. The lowest BCUT2D eigenvalue weighted by molar-refractivity contribution is -0.123. The van der Waals surface area contributed by atoms with Crippen molar-refractivity contribution in [3.63, 3.8) is 0 Å². The summed E-state index contributed by atoms with van der Waals surface area (Å²) in [5.74, 6) is 2.03. The summed E-state index contributed by atoms with van der Waals surface area (Å²) < 4.78 is 0. The minimum Gasteiger partial charge on any atom is -0.353 e. The Kier molecular flexibility index (Phi) is 2.31. The number of carbonyl (C=O) groups is 1. The van der Waals surface area contributed by atoms with E-state index in [1.54, 1.807) is 0 Å². The number of amides is 1. The molecular formula is C11H19NO. The Morgan fingerprint density at radius 3 is 2.46 bits per heavy atom. The number of hydrogen-bond donors (Lipinski definition) is 1. The van der Waals surface area contributed by atoms with Gasteiger partial charge in [0.1, 0.15) is 0 Å². The zero-order valence-corrected chi connectivity index (χ0v) is 8.55. The Labute approximate surface area is 80.1 Å². The third kappa shape index (κ3) is 1.87. The van der Waals surface area contributed by atoms with Crippen LogP contribution >= 0.6 is 0 Å². The maximum Gasteiger partial charge on any atom is 0.223 e. The van der Waals surface area contributed by atoms with Crippen LogP contribution in [0.4, 0.5) is 0 Å². The fraction of sp³-hybridized carbons (Fsp3) is 0.909. The van der Waals surface area contributed by atoms with Crippen molar-refractivity contribution in [1.82, 2.24) is 5.32 Å². The number of carbonyl (C=O) groups excluding carboxylic acids is 1. The Hall–Kier alpha value is -0.530. The normalized spacial score (nSPS) is 34.9. The molecule has 2 aliphatic rings. The zero-order chi connectivity index (χ0) is 9.42. The first-order chi connectivity index (χ1) is 6.18. The summed E-state index contributed by atoms with van der Waals surface area (Å²) in [5.41, 5.74) is 0. The van der Waals surface area contributed by atoms with Crippen LogP contribution in [0.15, 0.2) is 0 Å². The van der Waals surface area contributed by atoms with Gasteiger partial charge in [-0.05, 0) is 38.0 Å². The topological polar surface area (TPSA) is 29.1 Å². The van der Waals surface area contributed by atoms with Gasteiger partial charge in [-0.3, -0.25) is 4.79 Å². The molecule has 0 aromatic rings. The van der Waals surface area contributed by atoms with Gasteiger partial charge >= 0.3 is 0 Å². The van der Waals surface area contributed by atoms with Gasteiger partial charge in [0.05, 0.1) is 0 Å². The fourth-order valence-electron chi connectivity index (χ4n) is 2.08. The Bertz CT molecular complexity index is 210. The monoisotopic (exact) mass is 181 g/mol. The number of nitrogens with one attached hydrogen (secondary N) is 1. The van der Waals surface area contributed by atoms with Crippen molar-refractivity contribution in [1.29, 1.82) is 0 Å². The molecule has 0 saturated heterocycles. The molecule has 3 atom stereocenters. The number of hydrogen-bond acceptors (Lipinski definition) is 1. The van der Waals surface area contributed by atoms with Gasteiger partial charge in [0.15, 0.2) is 0 Å². The van der Waals surface area contributed by atoms with Crippen molar-refractivity contribution in [2.75, 3.05) is 0 Å². The summed E-state index contributed by atoms with van der Waals surface area (Å²) in [5, 5.41) is 3.14. The predicted octanol–water partition coefficient (Wildman–Crippen LogP) is 1.95. The van der Waals surface area contributed by atoms with E-state index in [1.807, 2.05) is 0 Å². The molecule has 0 aromatic heterocycles. The van der Waals surface area contributed by atoms with Gasteiger partial charge in [0.25, 0.3) is 0 Å². The summed E-state index contributed by atoms with van der Waals surface area (Å²) in [6.07, 6.45) is 5.07. The minimum absolute atomic E-state index is 0.298. The molecule has 13 heavy (non-hydrogen) atoms. The quantitative estimate of drug-likeness (QED) is 0.708. The van der Waals surface area contributed by atoms with Gasteiger partial charge in [0.2, 0.25) is 5.91 Å². The van der Waals surface area contributed by atoms with Crippen LogP contribution in [0, 0.1) is 17.8 Å². The zero-order valence-electron chi connectivity index (χ0n) is 8.55. The van der Waals surface area contributed by atoms with Crippen LogP contribution in [0.3, 0.4) is 0 Å². The largest absolute Gasteiger partial charge is 0.353 e. The van der Waals surface area contributed by atoms with E-state index in [0.717, 1.165) is 12.3 Å². The van der Waals surface area contributed by atoms with Crippen LogP contribution in [0.5, 0.6) is 0 Å². The lowest BCUT2D eigenvalue weighted by atomic mass is 9.80. The maximum atomic E-state index is 11.6. The number of rotatable bonds is 3. The molecule has 74 valence electrons. The SMILES string of the molecule is CC(NC(=O)[C@H]1C[C@@H]1C)C1CCC1. The molecule has 0 spiro atoms. The smallest absolute Gasteiger partial charge is 0.223 e. The first-order valence-electron chi connectivity index (χ1n) is 5.49. The van der Waals surface area contributed by atoms with E-state index in [0.29, 0.717) is 23.8 Å². The second-order valence-electron chi connectivity index (χ2n) is 4.81. The highest BCUT2D eigenvalue weighted by atomic mass is 16.2. The Morgan fingerprint density at radius 1 is 1.46 bits per heavy atom. The van der Waals surface area contributed by atoms with Gasteiger partial charge in [-0.25, -0.2) is 0 Å². The van der Waals surface area contributed by atoms with E-state index < -0.39 is 0 Å². The molecule has 0 aromatic carbocycles. The lowest BCUT2D eigenvalue weighted by Crippen LogP contribution is -2.41. The summed E-state index contributed by atoms with van der Waals surface area (Å²) in [6, 6.07) is 0.411. The van der Waals surface area contributed by atoms with E-state index >= 15 is 0 Å². The standard InChI is InChI=1S/C11H19NO/c1-7-6-10(7)11(13)12-8(2)9-4-3-5-9/h7-10H,3-6H2,1-2H3,(H,12,13)/t7-,8?,10-/m0/s1.